The second-order valence-electron chi connectivity index (χ2n) is 11.0. The van der Waals surface area contributed by atoms with Gasteiger partial charge in [-0.15, -0.1) is 0 Å². The lowest BCUT2D eigenvalue weighted by atomic mass is 10.0. The Morgan fingerprint density at radius 1 is 1.18 bits per heavy atom. The van der Waals surface area contributed by atoms with E-state index in [1.54, 1.807) is 20.8 Å². The number of carbonyl (C=O) groups excluding carboxylic acids is 3. The van der Waals surface area contributed by atoms with Crippen LogP contribution in [0.5, 0.6) is 0 Å². The maximum Gasteiger partial charge on any atom is 0.411 e. The summed E-state index contributed by atoms with van der Waals surface area (Å²) in [4.78, 5) is 44.2. The summed E-state index contributed by atoms with van der Waals surface area (Å²) in [5, 5.41) is 6.16. The first-order valence-corrected chi connectivity index (χ1v) is 13.9. The van der Waals surface area contributed by atoms with Gasteiger partial charge in [-0.3, -0.25) is 9.69 Å². The Labute approximate surface area is 226 Å². The van der Waals surface area contributed by atoms with Crippen LogP contribution in [0.4, 0.5) is 10.6 Å². The van der Waals surface area contributed by atoms with Crippen LogP contribution in [0.1, 0.15) is 77.0 Å². The topological polar surface area (TPSA) is 119 Å². The molecule has 2 amide bonds. The minimum atomic E-state index is -0.863. The highest BCUT2D eigenvalue weighted by atomic mass is 16.6. The van der Waals surface area contributed by atoms with Gasteiger partial charge in [0.15, 0.2) is 0 Å². The van der Waals surface area contributed by atoms with Crippen molar-refractivity contribution in [3.63, 3.8) is 0 Å². The number of aryl methyl sites for hydroxylation is 2. The zero-order valence-electron chi connectivity index (χ0n) is 23.3. The molecule has 2 atom stereocenters. The van der Waals surface area contributed by atoms with Gasteiger partial charge in [0.1, 0.15) is 23.5 Å². The zero-order chi connectivity index (χ0) is 27.5. The van der Waals surface area contributed by atoms with Crippen LogP contribution in [0, 0.1) is 0 Å². The molecule has 38 heavy (non-hydrogen) atoms. The summed E-state index contributed by atoms with van der Waals surface area (Å²) in [7, 11) is 1.31. The third kappa shape index (κ3) is 9.15. The lowest BCUT2D eigenvalue weighted by Crippen LogP contribution is -2.58. The number of fused-ring (bicyclic) bond motifs is 1. The SMILES string of the molecule is COC(=O)C(CCCCCCCc1ccc2c(n1)NCCC2)NC(=O)[C@@H]1COCCN1C(=O)OC(C)(C)C. The largest absolute Gasteiger partial charge is 0.467 e. The van der Waals surface area contributed by atoms with Crippen LogP contribution in [0.25, 0.3) is 0 Å². The highest BCUT2D eigenvalue weighted by Crippen LogP contribution is 2.21. The van der Waals surface area contributed by atoms with Gasteiger partial charge in [0.2, 0.25) is 5.91 Å². The van der Waals surface area contributed by atoms with Crippen molar-refractivity contribution in [2.24, 2.45) is 0 Å². The summed E-state index contributed by atoms with van der Waals surface area (Å²) >= 11 is 0. The van der Waals surface area contributed by atoms with E-state index in [4.69, 9.17) is 19.2 Å². The number of morpholine rings is 1. The molecule has 0 radical (unpaired) electrons. The fraction of sp³-hybridized carbons (Fsp3) is 0.714. The number of aromatic nitrogens is 1. The van der Waals surface area contributed by atoms with Crippen molar-refractivity contribution in [3.8, 4) is 0 Å². The van der Waals surface area contributed by atoms with Crippen molar-refractivity contribution in [2.75, 3.05) is 38.7 Å². The standard InChI is InChI=1S/C28H44N4O6/c1-28(2,3)38-27(35)32-17-18-37-19-23(32)25(33)31-22(26(34)36-4)13-9-7-5-6-8-12-21-15-14-20-11-10-16-29-24(20)30-21/h14-15,22-23H,5-13,16-19H2,1-4H3,(H,29,30)(H,31,33)/t22?,23-/m0/s1. The number of unbranched alkanes of at least 4 members (excludes halogenated alkanes) is 4. The fourth-order valence-corrected chi connectivity index (χ4v) is 4.71. The molecule has 0 saturated carbocycles. The van der Waals surface area contributed by atoms with Crippen molar-refractivity contribution in [3.05, 3.63) is 23.4 Å². The summed E-state index contributed by atoms with van der Waals surface area (Å²) in [6.07, 6.45) is 8.00. The Hall–Kier alpha value is -2.88. The normalized spacial score (nSPS) is 18.1. The van der Waals surface area contributed by atoms with Crippen LogP contribution < -0.4 is 10.6 Å². The van der Waals surface area contributed by atoms with E-state index in [1.165, 1.54) is 17.6 Å². The second-order valence-corrected chi connectivity index (χ2v) is 11.0. The third-order valence-corrected chi connectivity index (χ3v) is 6.74. The molecule has 0 aromatic carbocycles. The Morgan fingerprint density at radius 2 is 1.95 bits per heavy atom. The molecule has 212 valence electrons. The van der Waals surface area contributed by atoms with Gasteiger partial charge >= 0.3 is 12.1 Å². The van der Waals surface area contributed by atoms with Gasteiger partial charge in [-0.2, -0.15) is 0 Å². The second kappa shape index (κ2) is 14.3. The van der Waals surface area contributed by atoms with Crippen molar-refractivity contribution in [2.45, 2.75) is 96.2 Å². The number of nitrogens with zero attached hydrogens (tertiary/aromatic N) is 2. The van der Waals surface area contributed by atoms with E-state index < -0.39 is 35.7 Å². The number of amides is 2. The number of esters is 1. The smallest absolute Gasteiger partial charge is 0.411 e. The molecule has 0 spiro atoms. The van der Waals surface area contributed by atoms with Gasteiger partial charge in [0.05, 0.1) is 20.3 Å². The first-order chi connectivity index (χ1) is 18.2. The number of ether oxygens (including phenoxy) is 3. The molecule has 1 aromatic heterocycles. The third-order valence-electron chi connectivity index (χ3n) is 6.74. The molecule has 3 rings (SSSR count). The Balaban J connectivity index is 1.41. The summed E-state index contributed by atoms with van der Waals surface area (Å²) in [5.41, 5.74) is 1.75. The monoisotopic (exact) mass is 532 g/mol. The first-order valence-electron chi connectivity index (χ1n) is 13.9. The van der Waals surface area contributed by atoms with E-state index in [0.29, 0.717) is 13.0 Å². The van der Waals surface area contributed by atoms with E-state index in [-0.39, 0.29) is 13.2 Å². The van der Waals surface area contributed by atoms with E-state index in [1.807, 2.05) is 0 Å². The molecule has 0 bridgehead atoms. The number of pyridine rings is 1. The van der Waals surface area contributed by atoms with Crippen LogP contribution in [0.15, 0.2) is 12.1 Å². The number of carbonyl (C=O) groups is 3. The molecule has 3 heterocycles. The van der Waals surface area contributed by atoms with Crippen molar-refractivity contribution >= 4 is 23.8 Å². The van der Waals surface area contributed by atoms with Crippen molar-refractivity contribution in [1.29, 1.82) is 0 Å². The molecule has 2 aliphatic rings. The molecule has 0 aliphatic carbocycles. The maximum absolute atomic E-state index is 13.0. The van der Waals surface area contributed by atoms with Gasteiger partial charge in [-0.25, -0.2) is 14.6 Å². The predicted octanol–water partition coefficient (Wildman–Crippen LogP) is 3.62. The predicted molar refractivity (Wildman–Crippen MR) is 144 cm³/mol. The maximum atomic E-state index is 13.0. The summed E-state index contributed by atoms with van der Waals surface area (Å²) in [6.45, 7) is 6.93. The average Bonchev–Trinajstić information content (AvgIpc) is 2.90. The minimum absolute atomic E-state index is 0.0497. The minimum Gasteiger partial charge on any atom is -0.467 e. The number of hydrogen-bond acceptors (Lipinski definition) is 8. The van der Waals surface area contributed by atoms with Gasteiger partial charge in [0.25, 0.3) is 0 Å². The van der Waals surface area contributed by atoms with Crippen LogP contribution in [0.3, 0.4) is 0 Å². The summed E-state index contributed by atoms with van der Waals surface area (Å²) in [6, 6.07) is 2.69. The van der Waals surface area contributed by atoms with Crippen molar-refractivity contribution < 1.29 is 28.6 Å². The van der Waals surface area contributed by atoms with Gasteiger partial charge < -0.3 is 24.8 Å². The highest BCUT2D eigenvalue weighted by Gasteiger charge is 2.37. The number of nitrogens with one attached hydrogen (secondary N) is 2. The average molecular weight is 533 g/mol. The molecule has 1 unspecified atom stereocenters. The van der Waals surface area contributed by atoms with Crippen LogP contribution >= 0.6 is 0 Å². The summed E-state index contributed by atoms with van der Waals surface area (Å²) < 4.78 is 15.8. The fourth-order valence-electron chi connectivity index (χ4n) is 4.71. The van der Waals surface area contributed by atoms with Crippen LogP contribution in [0.2, 0.25) is 0 Å². The van der Waals surface area contributed by atoms with E-state index in [0.717, 1.165) is 69.4 Å². The highest BCUT2D eigenvalue weighted by molar-refractivity contribution is 5.90. The first kappa shape index (κ1) is 29.7. The Morgan fingerprint density at radius 3 is 2.71 bits per heavy atom. The van der Waals surface area contributed by atoms with Gasteiger partial charge in [-0.05, 0) is 64.5 Å². The molecule has 2 N–H and O–H groups in total. The van der Waals surface area contributed by atoms with E-state index in [9.17, 15) is 14.4 Å². The number of methoxy groups -OCH3 is 1. The zero-order valence-corrected chi connectivity index (χ0v) is 23.3. The molecule has 1 aromatic rings. The molecule has 1 saturated heterocycles. The summed E-state index contributed by atoms with van der Waals surface area (Å²) in [5.74, 6) is 0.0997. The Bertz CT molecular complexity index is 948. The quantitative estimate of drug-likeness (QED) is 0.328. The molecular formula is C28H44N4O6. The lowest BCUT2D eigenvalue weighted by molar-refractivity contribution is -0.147. The van der Waals surface area contributed by atoms with E-state index >= 15 is 0 Å². The lowest BCUT2D eigenvalue weighted by Gasteiger charge is -2.36. The van der Waals surface area contributed by atoms with Crippen LogP contribution in [-0.2, 0) is 36.6 Å². The van der Waals surface area contributed by atoms with Crippen LogP contribution in [-0.4, -0.2) is 79.0 Å². The van der Waals surface area contributed by atoms with E-state index in [2.05, 4.69) is 22.8 Å². The van der Waals surface area contributed by atoms with Crippen molar-refractivity contribution in [1.82, 2.24) is 15.2 Å². The Kier molecular flexibility index (Phi) is 11.2. The molecule has 2 aliphatic heterocycles. The molecular weight excluding hydrogens is 488 g/mol. The molecule has 10 nitrogen and oxygen atoms in total. The van der Waals surface area contributed by atoms with Gasteiger partial charge in [0, 0.05) is 18.8 Å². The van der Waals surface area contributed by atoms with Gasteiger partial charge in [-0.1, -0.05) is 31.7 Å². The molecule has 1 fully saturated rings. The number of hydrogen-bond donors (Lipinski definition) is 2. The number of anilines is 1. The number of rotatable bonds is 11. The molecule has 10 heteroatoms.